The van der Waals surface area contributed by atoms with E-state index in [1.54, 1.807) is 33.4 Å². The van der Waals surface area contributed by atoms with Gasteiger partial charge in [-0.3, -0.25) is 4.99 Å². The lowest BCUT2D eigenvalue weighted by molar-refractivity contribution is -0.176. The average Bonchev–Trinajstić information content (AvgIpc) is 2.76. The molecule has 0 atom stereocenters. The predicted molar refractivity (Wildman–Crippen MR) is 114 cm³/mol. The quantitative estimate of drug-likeness (QED) is 0.437. The minimum atomic E-state index is -4.32. The van der Waals surface area contributed by atoms with Crippen LogP contribution in [-0.4, -0.2) is 46.6 Å². The lowest BCUT2D eigenvalue weighted by Crippen LogP contribution is -2.37. The van der Waals surface area contributed by atoms with E-state index in [1.807, 2.05) is 30.3 Å². The van der Waals surface area contributed by atoms with Crippen LogP contribution in [0.4, 0.5) is 13.2 Å². The number of hydrogen-bond acceptors (Lipinski definition) is 4. The number of methoxy groups -OCH3 is 2. The molecule has 170 valence electrons. The molecule has 0 amide bonds. The number of aliphatic imine (C=N–C) groups is 1. The zero-order valence-electron chi connectivity index (χ0n) is 17.9. The molecule has 2 N–H and O–H groups in total. The zero-order valence-corrected chi connectivity index (χ0v) is 17.9. The lowest BCUT2D eigenvalue weighted by Gasteiger charge is -2.14. The van der Waals surface area contributed by atoms with Crippen LogP contribution in [0.1, 0.15) is 16.7 Å². The fraction of sp³-hybridized carbons (Fsp3) is 0.409. The average molecular weight is 439 g/mol. The van der Waals surface area contributed by atoms with E-state index in [2.05, 4.69) is 20.4 Å². The van der Waals surface area contributed by atoms with Crippen LogP contribution in [0.5, 0.6) is 11.5 Å². The molecule has 0 heterocycles. The highest BCUT2D eigenvalue weighted by Gasteiger charge is 2.27. The first kappa shape index (κ1) is 24.3. The smallest absolute Gasteiger partial charge is 0.411 e. The Kier molecular flexibility index (Phi) is 9.45. The van der Waals surface area contributed by atoms with Crippen LogP contribution in [-0.2, 0) is 24.3 Å². The molecule has 0 aliphatic heterocycles. The van der Waals surface area contributed by atoms with Gasteiger partial charge in [-0.2, -0.15) is 13.2 Å². The lowest BCUT2D eigenvalue weighted by atomic mass is 10.1. The van der Waals surface area contributed by atoms with E-state index in [0.29, 0.717) is 31.0 Å². The first-order chi connectivity index (χ1) is 14.8. The summed E-state index contributed by atoms with van der Waals surface area (Å²) < 4.78 is 51.7. The van der Waals surface area contributed by atoms with Gasteiger partial charge in [0.2, 0.25) is 0 Å². The summed E-state index contributed by atoms with van der Waals surface area (Å²) >= 11 is 0. The van der Waals surface area contributed by atoms with Gasteiger partial charge in [0, 0.05) is 20.1 Å². The standard InChI is InChI=1S/C22H28F3N3O3/c1-26-21(27-11-10-18-12-19(29-2)8-9-20(18)30-3)28-13-16-4-6-17(7-5-16)14-31-15-22(23,24)25/h4-9,12H,10-11,13-15H2,1-3H3,(H2,26,27,28). The molecule has 9 heteroatoms. The van der Waals surface area contributed by atoms with Crippen LogP contribution in [0.25, 0.3) is 0 Å². The van der Waals surface area contributed by atoms with Crippen molar-refractivity contribution in [1.29, 1.82) is 0 Å². The summed E-state index contributed by atoms with van der Waals surface area (Å²) in [6.45, 7) is -0.172. The van der Waals surface area contributed by atoms with Crippen LogP contribution in [0.15, 0.2) is 47.5 Å². The Bertz CT molecular complexity index is 840. The summed E-state index contributed by atoms with van der Waals surface area (Å²) in [6, 6.07) is 12.8. The fourth-order valence-corrected chi connectivity index (χ4v) is 2.84. The number of nitrogens with one attached hydrogen (secondary N) is 2. The van der Waals surface area contributed by atoms with Gasteiger partial charge in [0.25, 0.3) is 0 Å². The van der Waals surface area contributed by atoms with Gasteiger partial charge in [0.15, 0.2) is 5.96 Å². The molecule has 6 nitrogen and oxygen atoms in total. The number of ether oxygens (including phenoxy) is 3. The summed E-state index contributed by atoms with van der Waals surface area (Å²) in [5.74, 6) is 2.20. The Morgan fingerprint density at radius 1 is 0.968 bits per heavy atom. The van der Waals surface area contributed by atoms with Gasteiger partial charge in [-0.1, -0.05) is 24.3 Å². The Hall–Kier alpha value is -2.94. The third-order valence-electron chi connectivity index (χ3n) is 4.42. The molecular formula is C22H28F3N3O3. The van der Waals surface area contributed by atoms with Crippen molar-refractivity contribution in [1.82, 2.24) is 10.6 Å². The van der Waals surface area contributed by atoms with E-state index in [-0.39, 0.29) is 6.61 Å². The van der Waals surface area contributed by atoms with Crippen LogP contribution >= 0.6 is 0 Å². The maximum Gasteiger partial charge on any atom is 0.411 e. The highest BCUT2D eigenvalue weighted by atomic mass is 19.4. The third kappa shape index (κ3) is 8.75. The fourth-order valence-electron chi connectivity index (χ4n) is 2.84. The number of rotatable bonds is 10. The van der Waals surface area contributed by atoms with Crippen LogP contribution in [0.3, 0.4) is 0 Å². The minimum Gasteiger partial charge on any atom is -0.497 e. The Morgan fingerprint density at radius 3 is 2.29 bits per heavy atom. The number of halogens is 3. The summed E-state index contributed by atoms with van der Waals surface area (Å²) in [4.78, 5) is 4.20. The second kappa shape index (κ2) is 12.0. The SMILES string of the molecule is CN=C(NCCc1cc(OC)ccc1OC)NCc1ccc(COCC(F)(F)F)cc1. The van der Waals surface area contributed by atoms with Gasteiger partial charge in [-0.25, -0.2) is 0 Å². The van der Waals surface area contributed by atoms with Crippen molar-refractivity contribution in [2.75, 3.05) is 34.4 Å². The van der Waals surface area contributed by atoms with E-state index in [0.717, 1.165) is 22.6 Å². The molecule has 0 bridgehead atoms. The van der Waals surface area contributed by atoms with Gasteiger partial charge in [-0.05, 0) is 41.3 Å². The van der Waals surface area contributed by atoms with Crippen molar-refractivity contribution in [3.05, 3.63) is 59.2 Å². The molecule has 0 unspecified atom stereocenters. The molecule has 31 heavy (non-hydrogen) atoms. The van der Waals surface area contributed by atoms with Crippen LogP contribution in [0, 0.1) is 0 Å². The summed E-state index contributed by atoms with van der Waals surface area (Å²) in [5, 5.41) is 6.45. The normalized spacial score (nSPS) is 11.9. The monoisotopic (exact) mass is 439 g/mol. The second-order valence-electron chi connectivity index (χ2n) is 6.70. The van der Waals surface area contributed by atoms with Crippen molar-refractivity contribution in [2.45, 2.75) is 25.7 Å². The molecule has 0 radical (unpaired) electrons. The van der Waals surface area contributed by atoms with Crippen molar-refractivity contribution in [3.63, 3.8) is 0 Å². The summed E-state index contributed by atoms with van der Waals surface area (Å²) in [7, 11) is 4.94. The second-order valence-corrected chi connectivity index (χ2v) is 6.70. The third-order valence-corrected chi connectivity index (χ3v) is 4.42. The molecule has 2 aromatic carbocycles. The van der Waals surface area contributed by atoms with Gasteiger partial charge in [-0.15, -0.1) is 0 Å². The van der Waals surface area contributed by atoms with Gasteiger partial charge < -0.3 is 24.8 Å². The van der Waals surface area contributed by atoms with E-state index in [1.165, 1.54) is 0 Å². The molecule has 2 rings (SSSR count). The van der Waals surface area contributed by atoms with Crippen molar-refractivity contribution < 1.29 is 27.4 Å². The molecule has 0 saturated heterocycles. The Balaban J connectivity index is 1.78. The van der Waals surface area contributed by atoms with Crippen LogP contribution in [0.2, 0.25) is 0 Å². The number of guanidine groups is 1. The molecule has 0 fully saturated rings. The van der Waals surface area contributed by atoms with E-state index in [4.69, 9.17) is 9.47 Å². The molecule has 0 spiro atoms. The number of nitrogens with zero attached hydrogens (tertiary/aromatic N) is 1. The van der Waals surface area contributed by atoms with E-state index in [9.17, 15) is 13.2 Å². The Labute approximate surface area is 180 Å². The molecule has 0 saturated carbocycles. The van der Waals surface area contributed by atoms with Crippen molar-refractivity contribution in [2.24, 2.45) is 4.99 Å². The minimum absolute atomic E-state index is 0.0792. The first-order valence-corrected chi connectivity index (χ1v) is 9.72. The maximum atomic E-state index is 12.1. The largest absolute Gasteiger partial charge is 0.497 e. The summed E-state index contributed by atoms with van der Waals surface area (Å²) in [5.41, 5.74) is 2.67. The van der Waals surface area contributed by atoms with Crippen LogP contribution < -0.4 is 20.1 Å². The molecule has 0 aliphatic carbocycles. The van der Waals surface area contributed by atoms with Crippen molar-refractivity contribution in [3.8, 4) is 11.5 Å². The first-order valence-electron chi connectivity index (χ1n) is 9.72. The topological polar surface area (TPSA) is 64.1 Å². The number of hydrogen-bond donors (Lipinski definition) is 2. The highest BCUT2D eigenvalue weighted by Crippen LogP contribution is 2.24. The van der Waals surface area contributed by atoms with Gasteiger partial charge >= 0.3 is 6.18 Å². The number of benzene rings is 2. The van der Waals surface area contributed by atoms with E-state index >= 15 is 0 Å². The molecular weight excluding hydrogens is 411 g/mol. The molecule has 2 aromatic rings. The predicted octanol–water partition coefficient (Wildman–Crippen LogP) is 3.69. The maximum absolute atomic E-state index is 12.1. The Morgan fingerprint density at radius 2 is 1.68 bits per heavy atom. The highest BCUT2D eigenvalue weighted by molar-refractivity contribution is 5.79. The van der Waals surface area contributed by atoms with Gasteiger partial charge in [0.05, 0.1) is 20.8 Å². The molecule has 0 aromatic heterocycles. The van der Waals surface area contributed by atoms with Crippen molar-refractivity contribution >= 4 is 5.96 Å². The zero-order chi connectivity index (χ0) is 22.7. The van der Waals surface area contributed by atoms with Gasteiger partial charge in [0.1, 0.15) is 18.1 Å². The van der Waals surface area contributed by atoms with E-state index < -0.39 is 12.8 Å². The number of alkyl halides is 3. The summed E-state index contributed by atoms with van der Waals surface area (Å²) in [6.07, 6.45) is -3.60. The molecule has 0 aliphatic rings.